The van der Waals surface area contributed by atoms with Crippen molar-refractivity contribution >= 4 is 0 Å². The van der Waals surface area contributed by atoms with Gasteiger partial charge >= 0.3 is 0 Å². The predicted molar refractivity (Wildman–Crippen MR) is 84.4 cm³/mol. The van der Waals surface area contributed by atoms with Gasteiger partial charge in [-0.15, -0.1) is 0 Å². The number of hydrogen-bond acceptors (Lipinski definition) is 3. The summed E-state index contributed by atoms with van der Waals surface area (Å²) >= 11 is 0. The zero-order valence-corrected chi connectivity index (χ0v) is 13.4. The molecule has 0 aromatic heterocycles. The molecule has 114 valence electrons. The van der Waals surface area contributed by atoms with Gasteiger partial charge in [0.25, 0.3) is 0 Å². The summed E-state index contributed by atoms with van der Waals surface area (Å²) in [7, 11) is 0. The molecule has 0 aliphatic rings. The van der Waals surface area contributed by atoms with Gasteiger partial charge in [-0.05, 0) is 56.6 Å². The van der Waals surface area contributed by atoms with Crippen molar-refractivity contribution in [2.75, 3.05) is 26.2 Å². The normalized spacial score (nSPS) is 12.7. The highest BCUT2D eigenvalue weighted by Crippen LogP contribution is 2.16. The molecule has 0 fully saturated rings. The van der Waals surface area contributed by atoms with E-state index in [1.54, 1.807) is 0 Å². The van der Waals surface area contributed by atoms with Crippen LogP contribution in [0.5, 0.6) is 5.75 Å². The molecule has 0 heterocycles. The molecule has 0 spiro atoms. The van der Waals surface area contributed by atoms with Crippen molar-refractivity contribution in [2.24, 2.45) is 0 Å². The largest absolute Gasteiger partial charge is 0.491 e. The Kier molecular flexibility index (Phi) is 7.63. The Bertz CT molecular complexity index is 372. The minimum atomic E-state index is -0.437. The van der Waals surface area contributed by atoms with Crippen LogP contribution in [-0.2, 0) is 0 Å². The molecule has 1 aromatic carbocycles. The van der Waals surface area contributed by atoms with Gasteiger partial charge in [0.1, 0.15) is 18.5 Å². The van der Waals surface area contributed by atoms with E-state index >= 15 is 0 Å². The highest BCUT2D eigenvalue weighted by atomic mass is 16.5. The van der Waals surface area contributed by atoms with Gasteiger partial charge in [0.05, 0.1) is 0 Å². The maximum Gasteiger partial charge on any atom is 0.119 e. The van der Waals surface area contributed by atoms with Crippen LogP contribution in [-0.4, -0.2) is 42.4 Å². The molecule has 1 unspecified atom stereocenters. The Morgan fingerprint density at radius 1 is 1.15 bits per heavy atom. The second-order valence-corrected chi connectivity index (χ2v) is 5.54. The first-order valence-corrected chi connectivity index (χ1v) is 7.66. The van der Waals surface area contributed by atoms with Gasteiger partial charge in [-0.3, -0.25) is 0 Å². The number of aliphatic hydroxyl groups excluding tert-OH is 1. The van der Waals surface area contributed by atoms with Crippen LogP contribution in [0.2, 0.25) is 0 Å². The average Bonchev–Trinajstić information content (AvgIpc) is 2.40. The third-order valence-corrected chi connectivity index (χ3v) is 3.38. The fourth-order valence-corrected chi connectivity index (χ4v) is 2.32. The maximum atomic E-state index is 10.1. The van der Waals surface area contributed by atoms with Crippen LogP contribution in [0.3, 0.4) is 0 Å². The van der Waals surface area contributed by atoms with Gasteiger partial charge in [-0.2, -0.15) is 0 Å². The number of ether oxygens (including phenoxy) is 1. The van der Waals surface area contributed by atoms with E-state index in [1.807, 2.05) is 12.1 Å². The first kappa shape index (κ1) is 17.0. The Morgan fingerprint density at radius 2 is 1.80 bits per heavy atom. The number of benzene rings is 1. The minimum Gasteiger partial charge on any atom is -0.491 e. The third-order valence-electron chi connectivity index (χ3n) is 3.38. The Labute approximate surface area is 123 Å². The molecule has 0 saturated heterocycles. The van der Waals surface area contributed by atoms with Crippen molar-refractivity contribution in [3.8, 4) is 5.75 Å². The molecule has 20 heavy (non-hydrogen) atoms. The fraction of sp³-hybridized carbons (Fsp3) is 0.647. The summed E-state index contributed by atoms with van der Waals surface area (Å²) in [4.78, 5) is 2.28. The van der Waals surface area contributed by atoms with E-state index in [0.29, 0.717) is 13.2 Å². The molecular formula is C17H29NO2. The first-order valence-electron chi connectivity index (χ1n) is 7.66. The van der Waals surface area contributed by atoms with Crippen molar-refractivity contribution in [1.82, 2.24) is 4.90 Å². The molecule has 0 saturated carbocycles. The van der Waals surface area contributed by atoms with Crippen molar-refractivity contribution in [1.29, 1.82) is 0 Å². The molecule has 3 nitrogen and oxygen atoms in total. The summed E-state index contributed by atoms with van der Waals surface area (Å²) in [6.07, 6.45) is 1.93. The molecule has 1 atom stereocenters. The van der Waals surface area contributed by atoms with E-state index in [4.69, 9.17) is 4.74 Å². The zero-order chi connectivity index (χ0) is 15.0. The molecule has 0 radical (unpaired) electrons. The smallest absolute Gasteiger partial charge is 0.119 e. The summed E-state index contributed by atoms with van der Waals surface area (Å²) in [5.74, 6) is 0.846. The molecule has 1 aromatic rings. The standard InChI is InChI=1S/C17H29NO2/c1-5-7-8-18(6-2)12-16(19)13-20-17-10-14(3)9-15(4)11-17/h9-11,16,19H,5-8,12-13H2,1-4H3. The van der Waals surface area contributed by atoms with Crippen molar-refractivity contribution in [2.45, 2.75) is 46.6 Å². The highest BCUT2D eigenvalue weighted by Gasteiger charge is 2.11. The van der Waals surface area contributed by atoms with E-state index < -0.39 is 6.10 Å². The first-order chi connectivity index (χ1) is 9.55. The number of likely N-dealkylation sites (N-methyl/N-ethyl adjacent to an activating group) is 1. The highest BCUT2D eigenvalue weighted by molar-refractivity contribution is 5.32. The summed E-state index contributed by atoms with van der Waals surface area (Å²) in [6, 6.07) is 6.13. The Morgan fingerprint density at radius 3 is 2.35 bits per heavy atom. The summed E-state index contributed by atoms with van der Waals surface area (Å²) < 4.78 is 5.70. The van der Waals surface area contributed by atoms with Crippen LogP contribution in [0.1, 0.15) is 37.8 Å². The summed E-state index contributed by atoms with van der Waals surface area (Å²) in [6.45, 7) is 11.5. The topological polar surface area (TPSA) is 32.7 Å². The molecule has 0 aliphatic heterocycles. The molecular weight excluding hydrogens is 250 g/mol. The molecule has 0 aliphatic carbocycles. The molecule has 0 amide bonds. The van der Waals surface area contributed by atoms with Crippen LogP contribution in [0.25, 0.3) is 0 Å². The van der Waals surface area contributed by atoms with Crippen LogP contribution in [0.4, 0.5) is 0 Å². The van der Waals surface area contributed by atoms with Crippen LogP contribution in [0.15, 0.2) is 18.2 Å². The summed E-state index contributed by atoms with van der Waals surface area (Å²) in [5.41, 5.74) is 2.38. The monoisotopic (exact) mass is 279 g/mol. The lowest BCUT2D eigenvalue weighted by molar-refractivity contribution is 0.0694. The number of aryl methyl sites for hydroxylation is 2. The predicted octanol–water partition coefficient (Wildman–Crippen LogP) is 3.17. The van der Waals surface area contributed by atoms with Crippen LogP contribution < -0.4 is 4.74 Å². The lowest BCUT2D eigenvalue weighted by Gasteiger charge is -2.23. The second-order valence-electron chi connectivity index (χ2n) is 5.54. The fourth-order valence-electron chi connectivity index (χ4n) is 2.32. The van der Waals surface area contributed by atoms with E-state index in [1.165, 1.54) is 24.0 Å². The molecule has 3 heteroatoms. The van der Waals surface area contributed by atoms with Crippen molar-refractivity contribution in [3.63, 3.8) is 0 Å². The lowest BCUT2D eigenvalue weighted by atomic mass is 10.1. The molecule has 1 rings (SSSR count). The van der Waals surface area contributed by atoms with Gasteiger partial charge < -0.3 is 14.7 Å². The van der Waals surface area contributed by atoms with E-state index in [0.717, 1.165) is 18.8 Å². The SMILES string of the molecule is CCCCN(CC)CC(O)COc1cc(C)cc(C)c1. The van der Waals surface area contributed by atoms with Gasteiger partial charge in [0.15, 0.2) is 0 Å². The van der Waals surface area contributed by atoms with Gasteiger partial charge in [-0.25, -0.2) is 0 Å². The lowest BCUT2D eigenvalue weighted by Crippen LogP contribution is -2.36. The van der Waals surface area contributed by atoms with E-state index in [9.17, 15) is 5.11 Å². The number of hydrogen-bond donors (Lipinski definition) is 1. The zero-order valence-electron chi connectivity index (χ0n) is 13.4. The van der Waals surface area contributed by atoms with Gasteiger partial charge in [0.2, 0.25) is 0 Å². The quantitative estimate of drug-likeness (QED) is 0.753. The minimum absolute atomic E-state index is 0.353. The van der Waals surface area contributed by atoms with Gasteiger partial charge in [-0.1, -0.05) is 26.3 Å². The van der Waals surface area contributed by atoms with Crippen molar-refractivity contribution in [3.05, 3.63) is 29.3 Å². The second kappa shape index (κ2) is 8.98. The molecule has 0 bridgehead atoms. The van der Waals surface area contributed by atoms with Crippen LogP contribution >= 0.6 is 0 Å². The number of aliphatic hydroxyl groups is 1. The number of rotatable bonds is 9. The number of nitrogens with zero attached hydrogens (tertiary/aromatic N) is 1. The van der Waals surface area contributed by atoms with Crippen molar-refractivity contribution < 1.29 is 9.84 Å². The van der Waals surface area contributed by atoms with E-state index in [2.05, 4.69) is 38.7 Å². The summed E-state index contributed by atoms with van der Waals surface area (Å²) in [5, 5.41) is 10.1. The molecule has 1 N–H and O–H groups in total. The average molecular weight is 279 g/mol. The number of unbranched alkanes of at least 4 members (excludes halogenated alkanes) is 1. The Hall–Kier alpha value is -1.06. The third kappa shape index (κ3) is 6.40. The van der Waals surface area contributed by atoms with Crippen LogP contribution in [0, 0.1) is 13.8 Å². The van der Waals surface area contributed by atoms with Gasteiger partial charge in [0, 0.05) is 6.54 Å². The maximum absolute atomic E-state index is 10.1. The van der Waals surface area contributed by atoms with E-state index in [-0.39, 0.29) is 0 Å². The Balaban J connectivity index is 2.39.